The van der Waals surface area contributed by atoms with E-state index in [4.69, 9.17) is 10.3 Å². The summed E-state index contributed by atoms with van der Waals surface area (Å²) in [5.41, 5.74) is 7.89. The van der Waals surface area contributed by atoms with Gasteiger partial charge in [-0.05, 0) is 30.7 Å². The number of rotatable bonds is 2. The second-order valence-electron chi connectivity index (χ2n) is 4.45. The maximum Gasteiger partial charge on any atom is 0.261 e. The maximum absolute atomic E-state index is 14.0. The van der Waals surface area contributed by atoms with Gasteiger partial charge in [-0.25, -0.2) is 4.39 Å². The van der Waals surface area contributed by atoms with Gasteiger partial charge in [0.25, 0.3) is 5.89 Å². The first-order valence-electron chi connectivity index (χ1n) is 6.11. The number of aromatic nitrogens is 2. The lowest BCUT2D eigenvalue weighted by molar-refractivity contribution is 0.429. The van der Waals surface area contributed by atoms with Crippen LogP contribution in [0.5, 0.6) is 0 Å². The molecule has 4 nitrogen and oxygen atoms in total. The van der Waals surface area contributed by atoms with Crippen molar-refractivity contribution in [1.29, 1.82) is 0 Å². The minimum absolute atomic E-state index is 0.143. The van der Waals surface area contributed by atoms with E-state index in [-0.39, 0.29) is 11.7 Å². The number of nitrogens with two attached hydrogens (primary N) is 1. The molecular formula is C15H12FN3O. The van der Waals surface area contributed by atoms with Crippen LogP contribution in [0.15, 0.2) is 47.0 Å². The van der Waals surface area contributed by atoms with Crippen molar-refractivity contribution in [2.45, 2.75) is 6.92 Å². The first-order valence-corrected chi connectivity index (χ1v) is 6.11. The van der Waals surface area contributed by atoms with Crippen molar-refractivity contribution in [2.75, 3.05) is 5.73 Å². The number of nitrogens with zero attached hydrogens (tertiary/aromatic N) is 2. The molecule has 0 spiro atoms. The standard InChI is InChI=1S/C15H12FN3O/c1-9-5-4-7-11(13(9)16)15-18-14(19-20-15)10-6-2-3-8-12(10)17/h2-8H,17H2,1H3. The van der Waals surface area contributed by atoms with E-state index in [0.717, 1.165) is 0 Å². The van der Waals surface area contributed by atoms with Crippen LogP contribution in [-0.4, -0.2) is 10.1 Å². The molecule has 0 saturated heterocycles. The van der Waals surface area contributed by atoms with Crippen LogP contribution in [0.4, 0.5) is 10.1 Å². The Hall–Kier alpha value is -2.69. The Morgan fingerprint density at radius 2 is 1.80 bits per heavy atom. The van der Waals surface area contributed by atoms with E-state index in [1.807, 2.05) is 12.1 Å². The molecule has 0 aliphatic heterocycles. The quantitative estimate of drug-likeness (QED) is 0.724. The van der Waals surface area contributed by atoms with Gasteiger partial charge in [0.15, 0.2) is 0 Å². The zero-order valence-electron chi connectivity index (χ0n) is 10.8. The zero-order chi connectivity index (χ0) is 14.1. The van der Waals surface area contributed by atoms with Gasteiger partial charge < -0.3 is 10.3 Å². The highest BCUT2D eigenvalue weighted by atomic mass is 19.1. The lowest BCUT2D eigenvalue weighted by Gasteiger charge is -2.00. The first-order chi connectivity index (χ1) is 9.66. The van der Waals surface area contributed by atoms with Crippen LogP contribution in [-0.2, 0) is 0 Å². The van der Waals surface area contributed by atoms with Crippen LogP contribution >= 0.6 is 0 Å². The summed E-state index contributed by atoms with van der Waals surface area (Å²) in [5.74, 6) is 0.132. The predicted octanol–water partition coefficient (Wildman–Crippen LogP) is 3.43. The van der Waals surface area contributed by atoms with Crippen molar-refractivity contribution in [1.82, 2.24) is 10.1 Å². The summed E-state index contributed by atoms with van der Waals surface area (Å²) in [7, 11) is 0. The number of halogens is 1. The molecule has 2 aromatic carbocycles. The molecule has 2 N–H and O–H groups in total. The Labute approximate surface area is 115 Å². The largest absolute Gasteiger partial charge is 0.398 e. The smallest absolute Gasteiger partial charge is 0.261 e. The van der Waals surface area contributed by atoms with Crippen molar-refractivity contribution >= 4 is 5.69 Å². The third-order valence-corrected chi connectivity index (χ3v) is 3.05. The Bertz CT molecular complexity index is 767. The Kier molecular flexibility index (Phi) is 2.95. The molecule has 1 aromatic heterocycles. The molecule has 20 heavy (non-hydrogen) atoms. The molecule has 1 heterocycles. The van der Waals surface area contributed by atoms with Gasteiger partial charge in [0.1, 0.15) is 5.82 Å². The van der Waals surface area contributed by atoms with Crippen LogP contribution in [0, 0.1) is 12.7 Å². The van der Waals surface area contributed by atoms with Crippen LogP contribution in [0.25, 0.3) is 22.8 Å². The van der Waals surface area contributed by atoms with Crippen LogP contribution in [0.1, 0.15) is 5.56 Å². The van der Waals surface area contributed by atoms with E-state index in [1.165, 1.54) is 0 Å². The fraction of sp³-hybridized carbons (Fsp3) is 0.0667. The lowest BCUT2D eigenvalue weighted by atomic mass is 10.1. The van der Waals surface area contributed by atoms with Crippen LogP contribution in [0.2, 0.25) is 0 Å². The van der Waals surface area contributed by atoms with Gasteiger partial charge >= 0.3 is 0 Å². The van der Waals surface area contributed by atoms with E-state index in [2.05, 4.69) is 10.1 Å². The van der Waals surface area contributed by atoms with Crippen LogP contribution < -0.4 is 5.73 Å². The van der Waals surface area contributed by atoms with Crippen molar-refractivity contribution in [2.24, 2.45) is 0 Å². The van der Waals surface area contributed by atoms with E-state index < -0.39 is 0 Å². The molecule has 0 atom stereocenters. The van der Waals surface area contributed by atoms with Crippen LogP contribution in [0.3, 0.4) is 0 Å². The van der Waals surface area contributed by atoms with Gasteiger partial charge in [-0.2, -0.15) is 4.98 Å². The Balaban J connectivity index is 2.07. The van der Waals surface area contributed by atoms with Gasteiger partial charge in [0.2, 0.25) is 5.82 Å². The number of hydrogen-bond donors (Lipinski definition) is 1. The number of benzene rings is 2. The number of hydrogen-bond acceptors (Lipinski definition) is 4. The highest BCUT2D eigenvalue weighted by molar-refractivity contribution is 5.72. The number of para-hydroxylation sites is 1. The monoisotopic (exact) mass is 269 g/mol. The average molecular weight is 269 g/mol. The minimum Gasteiger partial charge on any atom is -0.398 e. The fourth-order valence-corrected chi connectivity index (χ4v) is 1.96. The maximum atomic E-state index is 14.0. The number of anilines is 1. The second kappa shape index (κ2) is 4.77. The molecule has 0 bridgehead atoms. The zero-order valence-corrected chi connectivity index (χ0v) is 10.8. The molecular weight excluding hydrogens is 257 g/mol. The SMILES string of the molecule is Cc1cccc(-c2nc(-c3ccccc3N)no2)c1F. The average Bonchev–Trinajstić information content (AvgIpc) is 2.92. The summed E-state index contributed by atoms with van der Waals surface area (Å²) in [5, 5.41) is 3.86. The van der Waals surface area contributed by atoms with E-state index in [0.29, 0.717) is 28.2 Å². The molecule has 0 aliphatic rings. The third-order valence-electron chi connectivity index (χ3n) is 3.05. The summed E-state index contributed by atoms with van der Waals surface area (Å²) >= 11 is 0. The molecule has 3 aromatic rings. The summed E-state index contributed by atoms with van der Waals surface area (Å²) in [4.78, 5) is 4.22. The van der Waals surface area contributed by atoms with Gasteiger partial charge in [-0.15, -0.1) is 0 Å². The second-order valence-corrected chi connectivity index (χ2v) is 4.45. The highest BCUT2D eigenvalue weighted by Gasteiger charge is 2.16. The summed E-state index contributed by atoms with van der Waals surface area (Å²) in [6, 6.07) is 12.2. The number of aryl methyl sites for hydroxylation is 1. The van der Waals surface area contributed by atoms with E-state index in [9.17, 15) is 4.39 Å². The molecule has 5 heteroatoms. The lowest BCUT2D eigenvalue weighted by Crippen LogP contribution is -1.91. The molecule has 0 saturated carbocycles. The van der Waals surface area contributed by atoms with Crippen molar-refractivity contribution < 1.29 is 8.91 Å². The predicted molar refractivity (Wildman–Crippen MR) is 74.3 cm³/mol. The van der Waals surface area contributed by atoms with Gasteiger partial charge in [0, 0.05) is 11.3 Å². The Morgan fingerprint density at radius 3 is 2.60 bits per heavy atom. The minimum atomic E-state index is -0.358. The van der Waals surface area contributed by atoms with E-state index in [1.54, 1.807) is 37.3 Å². The molecule has 0 radical (unpaired) electrons. The molecule has 0 unspecified atom stereocenters. The van der Waals surface area contributed by atoms with Crippen molar-refractivity contribution in [3.05, 3.63) is 53.8 Å². The normalized spacial score (nSPS) is 10.7. The first kappa shape index (κ1) is 12.3. The molecule has 100 valence electrons. The third kappa shape index (κ3) is 2.03. The Morgan fingerprint density at radius 1 is 1.05 bits per heavy atom. The molecule has 0 amide bonds. The van der Waals surface area contributed by atoms with E-state index >= 15 is 0 Å². The highest BCUT2D eigenvalue weighted by Crippen LogP contribution is 2.27. The summed E-state index contributed by atoms with van der Waals surface area (Å²) in [6.45, 7) is 1.69. The summed E-state index contributed by atoms with van der Waals surface area (Å²) in [6.07, 6.45) is 0. The van der Waals surface area contributed by atoms with Gasteiger partial charge in [-0.3, -0.25) is 0 Å². The fourth-order valence-electron chi connectivity index (χ4n) is 1.96. The van der Waals surface area contributed by atoms with Gasteiger partial charge in [-0.1, -0.05) is 29.4 Å². The molecule has 0 aliphatic carbocycles. The molecule has 0 fully saturated rings. The summed E-state index contributed by atoms with van der Waals surface area (Å²) < 4.78 is 19.2. The number of nitrogen functional groups attached to an aromatic ring is 1. The van der Waals surface area contributed by atoms with Gasteiger partial charge in [0.05, 0.1) is 5.56 Å². The van der Waals surface area contributed by atoms with Crippen molar-refractivity contribution in [3.8, 4) is 22.8 Å². The van der Waals surface area contributed by atoms with Crippen molar-refractivity contribution in [3.63, 3.8) is 0 Å². The molecule has 3 rings (SSSR count). The topological polar surface area (TPSA) is 64.9 Å².